The monoisotopic (exact) mass is 228 g/mol. The Morgan fingerprint density at radius 1 is 1.53 bits per heavy atom. The third-order valence-electron chi connectivity index (χ3n) is 1.84. The Morgan fingerprint density at radius 2 is 2.33 bits per heavy atom. The molecule has 0 aliphatic rings. The first-order valence-corrected chi connectivity index (χ1v) is 4.52. The van der Waals surface area contributed by atoms with Gasteiger partial charge in [-0.25, -0.2) is 9.18 Å². The maximum Gasteiger partial charge on any atom is 0.438 e. The van der Waals surface area contributed by atoms with Crippen molar-refractivity contribution in [2.24, 2.45) is 0 Å². The van der Waals surface area contributed by atoms with Crippen LogP contribution in [0.1, 0.15) is 11.4 Å². The summed E-state index contributed by atoms with van der Waals surface area (Å²) in [7, 11) is 0. The van der Waals surface area contributed by atoms with Crippen LogP contribution in [-0.4, -0.2) is 10.1 Å². The fourth-order valence-corrected chi connectivity index (χ4v) is 1.30. The third-order valence-corrected chi connectivity index (χ3v) is 2.15. The summed E-state index contributed by atoms with van der Waals surface area (Å²) in [5.74, 6) is -0.777. The summed E-state index contributed by atoms with van der Waals surface area (Å²) in [6.07, 6.45) is 0.291. The summed E-state index contributed by atoms with van der Waals surface area (Å²) in [6.45, 7) is 0. The van der Waals surface area contributed by atoms with E-state index in [1.807, 2.05) is 0 Å². The molecule has 2 rings (SSSR count). The van der Waals surface area contributed by atoms with Crippen molar-refractivity contribution in [3.8, 4) is 0 Å². The Labute approximate surface area is 88.7 Å². The summed E-state index contributed by atoms with van der Waals surface area (Å²) in [5.41, 5.74) is 0.654. The van der Waals surface area contributed by atoms with E-state index in [-0.39, 0.29) is 5.02 Å². The van der Waals surface area contributed by atoms with Crippen molar-refractivity contribution >= 4 is 11.6 Å². The van der Waals surface area contributed by atoms with Gasteiger partial charge in [-0.1, -0.05) is 22.8 Å². The van der Waals surface area contributed by atoms with Crippen molar-refractivity contribution in [1.82, 2.24) is 10.1 Å². The molecule has 0 amide bonds. The van der Waals surface area contributed by atoms with Gasteiger partial charge in [0.05, 0.1) is 5.02 Å². The summed E-state index contributed by atoms with van der Waals surface area (Å²) in [4.78, 5) is 13.0. The van der Waals surface area contributed by atoms with E-state index < -0.39 is 11.6 Å². The van der Waals surface area contributed by atoms with Crippen LogP contribution in [-0.2, 0) is 6.42 Å². The average Bonchev–Trinajstić information content (AvgIpc) is 2.58. The normalized spacial score (nSPS) is 10.5. The second-order valence-corrected chi connectivity index (χ2v) is 3.37. The van der Waals surface area contributed by atoms with Gasteiger partial charge < -0.3 is 0 Å². The van der Waals surface area contributed by atoms with Crippen LogP contribution in [0.3, 0.4) is 0 Å². The maximum absolute atomic E-state index is 13.0. The Balaban J connectivity index is 2.24. The highest BCUT2D eigenvalue weighted by Crippen LogP contribution is 2.16. The van der Waals surface area contributed by atoms with Crippen molar-refractivity contribution in [1.29, 1.82) is 0 Å². The summed E-state index contributed by atoms with van der Waals surface area (Å²) < 4.78 is 17.3. The number of rotatable bonds is 2. The van der Waals surface area contributed by atoms with Crippen LogP contribution in [0.4, 0.5) is 4.39 Å². The lowest BCUT2D eigenvalue weighted by Crippen LogP contribution is -1.98. The molecule has 0 aliphatic carbocycles. The SMILES string of the molecule is O=c1[nH]c(Cc2ccc(Cl)c(F)c2)no1. The second kappa shape index (κ2) is 3.86. The van der Waals surface area contributed by atoms with Gasteiger partial charge in [-0.05, 0) is 17.7 Å². The van der Waals surface area contributed by atoms with Gasteiger partial charge in [0.15, 0.2) is 5.82 Å². The van der Waals surface area contributed by atoms with Crippen LogP contribution < -0.4 is 5.76 Å². The van der Waals surface area contributed by atoms with Crippen LogP contribution in [0, 0.1) is 5.82 Å². The second-order valence-electron chi connectivity index (χ2n) is 2.97. The molecule has 1 heterocycles. The number of aromatic nitrogens is 2. The minimum Gasteiger partial charge on any atom is -0.296 e. The fraction of sp³-hybridized carbons (Fsp3) is 0.111. The molecule has 2 aromatic rings. The Kier molecular flexibility index (Phi) is 2.55. The predicted molar refractivity (Wildman–Crippen MR) is 51.3 cm³/mol. The molecule has 0 unspecified atom stereocenters. The van der Waals surface area contributed by atoms with Crippen molar-refractivity contribution in [3.63, 3.8) is 0 Å². The molecule has 0 atom stereocenters. The van der Waals surface area contributed by atoms with Gasteiger partial charge in [-0.3, -0.25) is 9.51 Å². The fourth-order valence-electron chi connectivity index (χ4n) is 1.18. The highest BCUT2D eigenvalue weighted by Gasteiger charge is 2.05. The number of nitrogens with zero attached hydrogens (tertiary/aromatic N) is 1. The molecular formula is C9H6ClFN2O2. The van der Waals surface area contributed by atoms with Gasteiger partial charge >= 0.3 is 5.76 Å². The zero-order valence-corrected chi connectivity index (χ0v) is 8.21. The molecule has 0 bridgehead atoms. The molecule has 1 aromatic heterocycles. The Morgan fingerprint density at radius 3 is 2.93 bits per heavy atom. The molecular weight excluding hydrogens is 223 g/mol. The summed E-state index contributed by atoms with van der Waals surface area (Å²) >= 11 is 5.52. The van der Waals surface area contributed by atoms with Gasteiger partial charge in [0.25, 0.3) is 0 Å². The van der Waals surface area contributed by atoms with E-state index in [0.717, 1.165) is 0 Å². The number of benzene rings is 1. The maximum atomic E-state index is 13.0. The molecule has 0 saturated carbocycles. The van der Waals surface area contributed by atoms with Crippen LogP contribution in [0.25, 0.3) is 0 Å². The van der Waals surface area contributed by atoms with E-state index in [2.05, 4.69) is 14.7 Å². The van der Waals surface area contributed by atoms with Gasteiger partial charge in [0.1, 0.15) is 5.82 Å². The zero-order chi connectivity index (χ0) is 10.8. The lowest BCUT2D eigenvalue weighted by Gasteiger charge is -1.98. The van der Waals surface area contributed by atoms with E-state index in [1.165, 1.54) is 12.1 Å². The van der Waals surface area contributed by atoms with E-state index >= 15 is 0 Å². The molecule has 15 heavy (non-hydrogen) atoms. The zero-order valence-electron chi connectivity index (χ0n) is 7.46. The Hall–Kier alpha value is -1.62. The van der Waals surface area contributed by atoms with Crippen LogP contribution in [0.5, 0.6) is 0 Å². The number of aromatic amines is 1. The summed E-state index contributed by atoms with van der Waals surface area (Å²) in [5, 5.41) is 3.53. The topological polar surface area (TPSA) is 58.9 Å². The minimum atomic E-state index is -0.626. The first kappa shape index (κ1) is 9.92. The number of halogens is 2. The van der Waals surface area contributed by atoms with Gasteiger partial charge in [-0.15, -0.1) is 0 Å². The molecule has 6 heteroatoms. The largest absolute Gasteiger partial charge is 0.438 e. The predicted octanol–water partition coefficient (Wildman–Crippen LogP) is 1.75. The van der Waals surface area contributed by atoms with Gasteiger partial charge in [-0.2, -0.15) is 0 Å². The van der Waals surface area contributed by atoms with Crippen molar-refractivity contribution < 1.29 is 8.91 Å². The van der Waals surface area contributed by atoms with Gasteiger partial charge in [0, 0.05) is 6.42 Å². The van der Waals surface area contributed by atoms with Crippen molar-refractivity contribution in [3.05, 3.63) is 51.0 Å². The van der Waals surface area contributed by atoms with Crippen molar-refractivity contribution in [2.45, 2.75) is 6.42 Å². The lowest BCUT2D eigenvalue weighted by molar-refractivity contribution is 0.382. The molecule has 0 fully saturated rings. The highest BCUT2D eigenvalue weighted by molar-refractivity contribution is 6.30. The van der Waals surface area contributed by atoms with E-state index in [9.17, 15) is 9.18 Å². The van der Waals surface area contributed by atoms with Crippen LogP contribution in [0.2, 0.25) is 5.02 Å². The van der Waals surface area contributed by atoms with E-state index in [1.54, 1.807) is 6.07 Å². The summed E-state index contributed by atoms with van der Waals surface area (Å²) in [6, 6.07) is 4.39. The standard InChI is InChI=1S/C9H6ClFN2O2/c10-6-2-1-5(3-7(6)11)4-8-12-9(14)15-13-8/h1-3H,4H2,(H,12,13,14). The molecule has 4 nitrogen and oxygen atoms in total. The average molecular weight is 229 g/mol. The molecule has 1 N–H and O–H groups in total. The number of hydrogen-bond donors (Lipinski definition) is 1. The molecule has 0 spiro atoms. The molecule has 0 aliphatic heterocycles. The lowest BCUT2D eigenvalue weighted by atomic mass is 10.1. The molecule has 0 saturated heterocycles. The van der Waals surface area contributed by atoms with Crippen LogP contribution in [0.15, 0.2) is 27.5 Å². The van der Waals surface area contributed by atoms with E-state index in [4.69, 9.17) is 11.6 Å². The van der Waals surface area contributed by atoms with E-state index in [0.29, 0.717) is 17.8 Å². The number of nitrogens with one attached hydrogen (secondary N) is 1. The van der Waals surface area contributed by atoms with Crippen LogP contribution >= 0.6 is 11.6 Å². The Bertz CT molecular complexity index is 535. The first-order chi connectivity index (χ1) is 7.15. The highest BCUT2D eigenvalue weighted by atomic mass is 35.5. The molecule has 78 valence electrons. The molecule has 0 radical (unpaired) electrons. The smallest absolute Gasteiger partial charge is 0.296 e. The van der Waals surface area contributed by atoms with Gasteiger partial charge in [0.2, 0.25) is 0 Å². The first-order valence-electron chi connectivity index (χ1n) is 4.14. The quantitative estimate of drug-likeness (QED) is 0.852. The molecule has 1 aromatic carbocycles. The number of H-pyrrole nitrogens is 1. The minimum absolute atomic E-state index is 0.0624. The van der Waals surface area contributed by atoms with Crippen molar-refractivity contribution in [2.75, 3.05) is 0 Å². The number of hydrogen-bond acceptors (Lipinski definition) is 3. The third kappa shape index (κ3) is 2.24.